The van der Waals surface area contributed by atoms with Gasteiger partial charge in [-0.3, -0.25) is 0 Å². The molecule has 1 rings (SSSR count). The number of allylic oxidation sites excluding steroid dienone is 1. The Hall–Kier alpha value is -0.230. The number of hydrogen-bond acceptors (Lipinski definition) is 5. The lowest BCUT2D eigenvalue weighted by molar-refractivity contribution is -0.0461. The highest BCUT2D eigenvalue weighted by Crippen LogP contribution is 2.21. The summed E-state index contributed by atoms with van der Waals surface area (Å²) in [6.45, 7) is 13.1. The molecule has 4 atom stereocenters. The van der Waals surface area contributed by atoms with Gasteiger partial charge in [0.05, 0.1) is 12.2 Å². The van der Waals surface area contributed by atoms with Crippen molar-refractivity contribution in [3.8, 4) is 0 Å². The molecule has 0 saturated carbocycles. The van der Waals surface area contributed by atoms with Crippen molar-refractivity contribution in [3.63, 3.8) is 0 Å². The lowest BCUT2D eigenvalue weighted by Crippen LogP contribution is -2.55. The normalized spacial score (nSPS) is 28.6. The minimum atomic E-state index is -0.620. The van der Waals surface area contributed by atoms with Crippen molar-refractivity contribution in [1.82, 2.24) is 10.2 Å². The number of β-amino-alcohol motifs (C(OH)–C–C–N with tert-alkyl or cyclic N) is 1. The molecular formula is C17H34N2O2S. The van der Waals surface area contributed by atoms with E-state index < -0.39 is 12.2 Å². The third-order valence-electron chi connectivity index (χ3n) is 4.69. The van der Waals surface area contributed by atoms with Crippen molar-refractivity contribution in [1.29, 1.82) is 0 Å². The highest BCUT2D eigenvalue weighted by atomic mass is 32.2. The minimum absolute atomic E-state index is 0.117. The van der Waals surface area contributed by atoms with Crippen molar-refractivity contribution < 1.29 is 10.2 Å². The zero-order valence-corrected chi connectivity index (χ0v) is 15.2. The molecule has 130 valence electrons. The summed E-state index contributed by atoms with van der Waals surface area (Å²) in [5.41, 5.74) is 1.25. The zero-order chi connectivity index (χ0) is 16.5. The summed E-state index contributed by atoms with van der Waals surface area (Å²) in [6.07, 6.45) is 2.10. The van der Waals surface area contributed by atoms with E-state index in [0.717, 1.165) is 37.4 Å². The molecule has 0 aliphatic carbocycles. The highest BCUT2D eigenvalue weighted by molar-refractivity contribution is 7.99. The molecule has 0 aromatic carbocycles. The van der Waals surface area contributed by atoms with Crippen molar-refractivity contribution >= 4 is 11.8 Å². The zero-order valence-electron chi connectivity index (χ0n) is 14.4. The van der Waals surface area contributed by atoms with Crippen LogP contribution in [0.3, 0.4) is 0 Å². The number of nitrogens with zero attached hydrogens (tertiary/aromatic N) is 1. The monoisotopic (exact) mass is 330 g/mol. The van der Waals surface area contributed by atoms with Crippen LogP contribution in [0.2, 0.25) is 0 Å². The smallest absolute Gasteiger partial charge is 0.0926 e. The first-order valence-electron chi connectivity index (χ1n) is 8.61. The summed E-state index contributed by atoms with van der Waals surface area (Å²) >= 11 is 1.98. The van der Waals surface area contributed by atoms with Gasteiger partial charge >= 0.3 is 0 Å². The minimum Gasteiger partial charge on any atom is -0.390 e. The Kier molecular flexibility index (Phi) is 9.48. The Morgan fingerprint density at radius 3 is 2.59 bits per heavy atom. The van der Waals surface area contributed by atoms with Crippen molar-refractivity contribution in [3.05, 3.63) is 12.3 Å². The van der Waals surface area contributed by atoms with Crippen LogP contribution in [0.1, 0.15) is 40.0 Å². The first kappa shape index (κ1) is 19.8. The third kappa shape index (κ3) is 6.11. The van der Waals surface area contributed by atoms with Crippen molar-refractivity contribution in [2.24, 2.45) is 5.92 Å². The molecule has 4 nitrogen and oxygen atoms in total. The van der Waals surface area contributed by atoms with Gasteiger partial charge in [-0.2, -0.15) is 11.8 Å². The Bertz CT molecular complexity index is 324. The van der Waals surface area contributed by atoms with E-state index in [9.17, 15) is 10.2 Å². The van der Waals surface area contributed by atoms with Gasteiger partial charge in [-0.05, 0) is 50.5 Å². The number of aliphatic hydroxyl groups excluding tert-OH is 2. The molecule has 1 aliphatic heterocycles. The summed E-state index contributed by atoms with van der Waals surface area (Å²) in [4.78, 5) is 2.32. The summed E-state index contributed by atoms with van der Waals surface area (Å²) < 4.78 is 0. The predicted octanol–water partition coefficient (Wildman–Crippen LogP) is 2.08. The van der Waals surface area contributed by atoms with Gasteiger partial charge in [0.15, 0.2) is 0 Å². The van der Waals surface area contributed by atoms with Gasteiger partial charge in [-0.15, -0.1) is 0 Å². The van der Waals surface area contributed by atoms with Gasteiger partial charge in [-0.1, -0.05) is 13.5 Å². The van der Waals surface area contributed by atoms with E-state index in [1.54, 1.807) is 0 Å². The van der Waals surface area contributed by atoms with E-state index in [0.29, 0.717) is 12.6 Å². The molecule has 3 N–H and O–H groups in total. The Morgan fingerprint density at radius 2 is 1.95 bits per heavy atom. The van der Waals surface area contributed by atoms with Gasteiger partial charge in [-0.25, -0.2) is 0 Å². The molecule has 0 aromatic heterocycles. The first-order valence-corrected chi connectivity index (χ1v) is 9.76. The van der Waals surface area contributed by atoms with E-state index >= 15 is 0 Å². The molecule has 1 saturated heterocycles. The topological polar surface area (TPSA) is 55.7 Å². The van der Waals surface area contributed by atoms with E-state index in [2.05, 4.69) is 30.6 Å². The second-order valence-corrected chi connectivity index (χ2v) is 7.40. The van der Waals surface area contributed by atoms with Crippen molar-refractivity contribution in [2.45, 2.75) is 58.3 Å². The van der Waals surface area contributed by atoms with Crippen LogP contribution in [-0.2, 0) is 0 Å². The number of hydrogen-bond donors (Lipinski definition) is 3. The molecule has 1 aliphatic rings. The molecule has 5 heteroatoms. The van der Waals surface area contributed by atoms with E-state index in [1.165, 1.54) is 12.1 Å². The Labute approximate surface area is 140 Å². The molecule has 1 fully saturated rings. The summed E-state index contributed by atoms with van der Waals surface area (Å²) in [5, 5.41) is 22.9. The van der Waals surface area contributed by atoms with Gasteiger partial charge in [0.25, 0.3) is 0 Å². The number of nitrogens with one attached hydrogen (secondary N) is 1. The molecule has 1 heterocycles. The van der Waals surface area contributed by atoms with Crippen molar-refractivity contribution in [2.75, 3.05) is 31.1 Å². The summed E-state index contributed by atoms with van der Waals surface area (Å²) in [6, 6.07) is 0.316. The van der Waals surface area contributed by atoms with Crippen LogP contribution < -0.4 is 5.32 Å². The number of thioether (sulfide) groups is 1. The molecule has 0 amide bonds. The predicted molar refractivity (Wildman–Crippen MR) is 96.2 cm³/mol. The van der Waals surface area contributed by atoms with Gasteiger partial charge < -0.3 is 20.4 Å². The average molecular weight is 331 g/mol. The first-order chi connectivity index (χ1) is 10.5. The standard InChI is InChI=1S/C17H34N2O2S/c1-5-19(6-2)13(3)8-7-10-22-11-9-15-14(4)17(21)16(20)12-18-15/h14-18,20-21H,3,5-12H2,1-2,4H3/t14-,15+,16+,17+/m0/s1. The Morgan fingerprint density at radius 1 is 1.27 bits per heavy atom. The largest absolute Gasteiger partial charge is 0.390 e. The number of aliphatic hydroxyl groups is 2. The SMILES string of the molecule is C=C(CCCSCC[C@H]1NC[C@@H](O)[C@H](O)[C@H]1C)N(CC)CC. The molecule has 0 aromatic rings. The van der Waals surface area contributed by atoms with Crippen LogP contribution in [0.25, 0.3) is 0 Å². The van der Waals surface area contributed by atoms with E-state index in [4.69, 9.17) is 0 Å². The van der Waals surface area contributed by atoms with Crippen LogP contribution in [-0.4, -0.2) is 64.5 Å². The van der Waals surface area contributed by atoms with Gasteiger partial charge in [0.2, 0.25) is 0 Å². The van der Waals surface area contributed by atoms with Crippen LogP contribution in [0.5, 0.6) is 0 Å². The van der Waals surface area contributed by atoms with E-state index in [1.807, 2.05) is 18.7 Å². The molecule has 0 spiro atoms. The summed E-state index contributed by atoms with van der Waals surface area (Å²) in [7, 11) is 0. The maximum Gasteiger partial charge on any atom is 0.0926 e. The molecular weight excluding hydrogens is 296 g/mol. The summed E-state index contributed by atoms with van der Waals surface area (Å²) in [5.74, 6) is 2.38. The quantitative estimate of drug-likeness (QED) is 0.536. The van der Waals surface area contributed by atoms with Crippen LogP contribution in [0, 0.1) is 5.92 Å². The second kappa shape index (κ2) is 10.5. The van der Waals surface area contributed by atoms with Crippen LogP contribution in [0.4, 0.5) is 0 Å². The fraction of sp³-hybridized carbons (Fsp3) is 0.882. The fourth-order valence-corrected chi connectivity index (χ4v) is 4.02. The maximum absolute atomic E-state index is 9.91. The van der Waals surface area contributed by atoms with Crippen LogP contribution in [0.15, 0.2) is 12.3 Å². The third-order valence-corrected chi connectivity index (χ3v) is 5.80. The lowest BCUT2D eigenvalue weighted by Gasteiger charge is -2.37. The Balaban J connectivity index is 2.10. The molecule has 0 unspecified atom stereocenters. The lowest BCUT2D eigenvalue weighted by atomic mass is 9.87. The number of rotatable bonds is 10. The average Bonchev–Trinajstić information content (AvgIpc) is 2.51. The van der Waals surface area contributed by atoms with Gasteiger partial charge in [0.1, 0.15) is 0 Å². The highest BCUT2D eigenvalue weighted by Gasteiger charge is 2.33. The number of piperidine rings is 1. The second-order valence-electron chi connectivity index (χ2n) is 6.17. The maximum atomic E-state index is 9.91. The van der Waals surface area contributed by atoms with Gasteiger partial charge in [0, 0.05) is 31.4 Å². The molecule has 22 heavy (non-hydrogen) atoms. The fourth-order valence-electron chi connectivity index (χ4n) is 3.05. The molecule has 0 radical (unpaired) electrons. The molecule has 0 bridgehead atoms. The van der Waals surface area contributed by atoms with E-state index in [-0.39, 0.29) is 5.92 Å². The van der Waals surface area contributed by atoms with Crippen LogP contribution >= 0.6 is 11.8 Å².